The summed E-state index contributed by atoms with van der Waals surface area (Å²) in [5.41, 5.74) is 23.9. The van der Waals surface area contributed by atoms with Gasteiger partial charge in [-0.15, -0.1) is 0 Å². The van der Waals surface area contributed by atoms with E-state index in [-0.39, 0.29) is 0 Å². The van der Waals surface area contributed by atoms with Crippen molar-refractivity contribution < 1.29 is 0 Å². The average molecular weight is 831 g/mol. The minimum Gasteiger partial charge on any atom is -0.309 e. The Morgan fingerprint density at radius 3 is 1.14 bits per heavy atom. The van der Waals surface area contributed by atoms with Crippen molar-refractivity contribution in [1.29, 1.82) is 0 Å². The Kier molecular flexibility index (Phi) is 10.3. The van der Waals surface area contributed by atoms with Gasteiger partial charge in [0.25, 0.3) is 0 Å². The highest BCUT2D eigenvalue weighted by Crippen LogP contribution is 2.53. The van der Waals surface area contributed by atoms with Crippen molar-refractivity contribution >= 4 is 17.1 Å². The lowest BCUT2D eigenvalue weighted by molar-refractivity contribution is 0.994. The van der Waals surface area contributed by atoms with Crippen molar-refractivity contribution in [2.75, 3.05) is 4.90 Å². The second-order valence-corrected chi connectivity index (χ2v) is 17.1. The van der Waals surface area contributed by atoms with Crippen LogP contribution in [0.15, 0.2) is 146 Å². The van der Waals surface area contributed by atoms with E-state index in [1.807, 2.05) is 48.5 Å². The van der Waals surface area contributed by atoms with E-state index in [1.165, 1.54) is 67.0 Å². The smallest absolute Gasteiger partial charge is 0.166 e. The summed E-state index contributed by atoms with van der Waals surface area (Å²) in [6.45, 7) is 18.2. The third kappa shape index (κ3) is 6.96. The van der Waals surface area contributed by atoms with Crippen molar-refractivity contribution in [3.63, 3.8) is 0 Å². The third-order valence-electron chi connectivity index (χ3n) is 13.7. The first-order chi connectivity index (χ1) is 31.1. The zero-order valence-corrected chi connectivity index (χ0v) is 37.7. The van der Waals surface area contributed by atoms with Gasteiger partial charge in [0, 0.05) is 39.8 Å². The molecule has 0 radical (unpaired) electrons. The SMILES string of the molecule is Cc1c(C)c(C)c2c(c1C)Cc1c(C)c(C)c(C)c(C)c1N2c1ccc(-c2nc(-c3ccccc3)cc(-c3ccccc3)n2)cc1-c1nc(-c2ccccc2)nc(-c2ccccc2)n1. The van der Waals surface area contributed by atoms with Crippen LogP contribution in [0.1, 0.15) is 55.6 Å². The van der Waals surface area contributed by atoms with Gasteiger partial charge >= 0.3 is 0 Å². The maximum absolute atomic E-state index is 5.39. The number of aromatic nitrogens is 5. The third-order valence-corrected chi connectivity index (χ3v) is 13.7. The minimum absolute atomic E-state index is 0.567. The van der Waals surface area contributed by atoms with Crippen LogP contribution in [-0.2, 0) is 6.42 Å². The van der Waals surface area contributed by atoms with E-state index < -0.39 is 0 Å². The van der Waals surface area contributed by atoms with Gasteiger partial charge in [0.15, 0.2) is 23.3 Å². The maximum atomic E-state index is 5.39. The van der Waals surface area contributed by atoms with E-state index >= 15 is 0 Å². The van der Waals surface area contributed by atoms with Crippen LogP contribution in [0.2, 0.25) is 0 Å². The van der Waals surface area contributed by atoms with Crippen molar-refractivity contribution in [3.8, 4) is 68.1 Å². The zero-order chi connectivity index (χ0) is 44.2. The van der Waals surface area contributed by atoms with Crippen molar-refractivity contribution in [1.82, 2.24) is 24.9 Å². The largest absolute Gasteiger partial charge is 0.309 e. The summed E-state index contributed by atoms with van der Waals surface area (Å²) in [6, 6.07) is 49.8. The summed E-state index contributed by atoms with van der Waals surface area (Å²) in [7, 11) is 0. The maximum Gasteiger partial charge on any atom is 0.166 e. The molecule has 0 unspecified atom stereocenters. The van der Waals surface area contributed by atoms with Crippen molar-refractivity contribution in [3.05, 3.63) is 201 Å². The van der Waals surface area contributed by atoms with Crippen LogP contribution in [0.3, 0.4) is 0 Å². The van der Waals surface area contributed by atoms with E-state index in [2.05, 4.69) is 157 Å². The van der Waals surface area contributed by atoms with Crippen LogP contribution >= 0.6 is 0 Å². The van der Waals surface area contributed by atoms with Crippen LogP contribution in [-0.4, -0.2) is 24.9 Å². The van der Waals surface area contributed by atoms with Gasteiger partial charge in [-0.25, -0.2) is 24.9 Å². The molecule has 0 atom stereocenters. The number of nitrogens with zero attached hydrogens (tertiary/aromatic N) is 6. The first kappa shape index (κ1) is 40.5. The summed E-state index contributed by atoms with van der Waals surface area (Å²) in [4.78, 5) is 29.0. The number of rotatable bonds is 7. The van der Waals surface area contributed by atoms with Gasteiger partial charge in [-0.3, -0.25) is 0 Å². The molecule has 0 aliphatic carbocycles. The van der Waals surface area contributed by atoms with Crippen LogP contribution < -0.4 is 4.90 Å². The Morgan fingerprint density at radius 2 is 0.703 bits per heavy atom. The van der Waals surface area contributed by atoms with Crippen molar-refractivity contribution in [2.45, 2.75) is 61.8 Å². The van der Waals surface area contributed by atoms with Gasteiger partial charge in [0.2, 0.25) is 0 Å². The lowest BCUT2D eigenvalue weighted by Crippen LogP contribution is -2.25. The molecule has 6 nitrogen and oxygen atoms in total. The quantitative estimate of drug-likeness (QED) is 0.159. The Bertz CT molecular complexity index is 3070. The molecule has 0 saturated heterocycles. The molecule has 6 heteroatoms. The predicted octanol–water partition coefficient (Wildman–Crippen LogP) is 14.5. The summed E-state index contributed by atoms with van der Waals surface area (Å²) in [5, 5.41) is 0. The predicted molar refractivity (Wildman–Crippen MR) is 263 cm³/mol. The molecular weight excluding hydrogens is 781 g/mol. The van der Waals surface area contributed by atoms with Gasteiger partial charge in [0.05, 0.1) is 28.5 Å². The molecule has 0 spiro atoms. The van der Waals surface area contributed by atoms with Gasteiger partial charge in [0.1, 0.15) is 0 Å². The van der Waals surface area contributed by atoms with E-state index in [0.29, 0.717) is 23.3 Å². The monoisotopic (exact) mass is 830 g/mol. The molecule has 0 fully saturated rings. The first-order valence-electron chi connectivity index (χ1n) is 22.1. The molecule has 0 amide bonds. The molecule has 3 heterocycles. The Hall–Kier alpha value is -7.57. The highest BCUT2D eigenvalue weighted by molar-refractivity contribution is 5.96. The van der Waals surface area contributed by atoms with Gasteiger partial charge in [-0.2, -0.15) is 0 Å². The summed E-state index contributed by atoms with van der Waals surface area (Å²) < 4.78 is 0. The molecule has 0 bridgehead atoms. The second kappa shape index (κ2) is 16.3. The topological polar surface area (TPSA) is 67.7 Å². The molecule has 0 saturated carbocycles. The number of hydrogen-bond donors (Lipinski definition) is 0. The number of benzene rings is 7. The fourth-order valence-corrected chi connectivity index (χ4v) is 9.38. The molecule has 312 valence electrons. The summed E-state index contributed by atoms with van der Waals surface area (Å²) in [6.07, 6.45) is 0.862. The molecule has 1 aliphatic rings. The number of anilines is 3. The standard InChI is InChI=1S/C58H50N6/c1-34-36(3)40(7)53-47(38(34)5)32-48-39(6)35(2)37(4)41(8)54(48)64(53)52-30-29-46(57-59-50(42-21-13-9-14-22-42)33-51(60-57)43-23-15-10-16-24-43)31-49(52)58-62-55(44-25-17-11-18-26-44)61-56(63-58)45-27-19-12-20-28-45/h9-31,33H,32H2,1-8H3. The molecular formula is C58H50N6. The molecule has 2 aromatic heterocycles. The summed E-state index contributed by atoms with van der Waals surface area (Å²) in [5.74, 6) is 2.39. The number of hydrogen-bond acceptors (Lipinski definition) is 6. The van der Waals surface area contributed by atoms with E-state index in [1.54, 1.807) is 0 Å². The normalized spacial score (nSPS) is 12.0. The Morgan fingerprint density at radius 1 is 0.328 bits per heavy atom. The fraction of sp³-hybridized carbons (Fsp3) is 0.155. The van der Waals surface area contributed by atoms with Crippen LogP contribution in [0.5, 0.6) is 0 Å². The van der Waals surface area contributed by atoms with E-state index in [0.717, 1.165) is 56.9 Å². The highest BCUT2D eigenvalue weighted by Gasteiger charge is 2.34. The Balaban J connectivity index is 1.32. The van der Waals surface area contributed by atoms with Crippen LogP contribution in [0, 0.1) is 55.4 Å². The molecule has 9 aromatic rings. The lowest BCUT2D eigenvalue weighted by atomic mass is 9.80. The highest BCUT2D eigenvalue weighted by atomic mass is 15.2. The average Bonchev–Trinajstić information content (AvgIpc) is 3.36. The zero-order valence-electron chi connectivity index (χ0n) is 37.7. The molecule has 7 aromatic carbocycles. The fourth-order valence-electron chi connectivity index (χ4n) is 9.38. The molecule has 64 heavy (non-hydrogen) atoms. The van der Waals surface area contributed by atoms with Crippen molar-refractivity contribution in [2.24, 2.45) is 0 Å². The first-order valence-corrected chi connectivity index (χ1v) is 22.1. The lowest BCUT2D eigenvalue weighted by Gasteiger charge is -2.40. The molecule has 10 rings (SSSR count). The van der Waals surface area contributed by atoms with E-state index in [4.69, 9.17) is 24.9 Å². The second-order valence-electron chi connectivity index (χ2n) is 17.1. The van der Waals surface area contributed by atoms with Gasteiger partial charge < -0.3 is 4.90 Å². The van der Waals surface area contributed by atoms with Crippen LogP contribution in [0.4, 0.5) is 17.1 Å². The number of fused-ring (bicyclic) bond motifs is 2. The van der Waals surface area contributed by atoms with Gasteiger partial charge in [-0.05, 0) is 135 Å². The molecule has 0 N–H and O–H groups in total. The molecule has 1 aliphatic heterocycles. The van der Waals surface area contributed by atoms with Crippen LogP contribution in [0.25, 0.3) is 68.1 Å². The Labute approximate surface area is 376 Å². The van der Waals surface area contributed by atoms with E-state index in [9.17, 15) is 0 Å². The van der Waals surface area contributed by atoms with Gasteiger partial charge in [-0.1, -0.05) is 121 Å². The summed E-state index contributed by atoms with van der Waals surface area (Å²) >= 11 is 0. The minimum atomic E-state index is 0.567.